The van der Waals surface area contributed by atoms with Crippen LogP contribution in [-0.2, 0) is 32.7 Å². The number of carbonyl (C=O) groups excluding carboxylic acids is 2. The summed E-state index contributed by atoms with van der Waals surface area (Å²) in [6.45, 7) is 2.94. The van der Waals surface area contributed by atoms with Crippen LogP contribution in [0.4, 0.5) is 0 Å². The first-order chi connectivity index (χ1) is 33.2. The molecule has 1 saturated carbocycles. The zero-order chi connectivity index (χ0) is 51.0. The molecule has 69 heavy (non-hydrogen) atoms. The first-order valence-electron chi connectivity index (χ1n) is 25.3. The van der Waals surface area contributed by atoms with Gasteiger partial charge in [0.05, 0.1) is 18.8 Å². The molecule has 0 aliphatic heterocycles. The van der Waals surface area contributed by atoms with Crippen LogP contribution >= 0.6 is 7.82 Å². The minimum atomic E-state index is -5.18. The van der Waals surface area contributed by atoms with Gasteiger partial charge in [0.2, 0.25) is 0 Å². The second-order valence-electron chi connectivity index (χ2n) is 17.3. The Morgan fingerprint density at radius 2 is 1.01 bits per heavy atom. The third-order valence-electron chi connectivity index (χ3n) is 11.1. The van der Waals surface area contributed by atoms with Gasteiger partial charge in [0.25, 0.3) is 0 Å². The Hall–Kier alpha value is -3.31. The van der Waals surface area contributed by atoms with E-state index in [1.54, 1.807) is 42.5 Å². The fraction of sp³-hybridized carbons (Fsp3) is 0.660. The standard InChI is InChI=1S/C53H87O15P/c1-3-5-7-8-9-10-11-12-13-14-15-16-17-18-19-20-21-25-33-39-46(56)65-41-45(42-66-69(63,64)68-53-51(61)49(59)48(58)50(60)52(53)62)67-47(57)40-34-26-23-22-24-30-36-44(55)38-32-28-27-31-37-43(54)35-29-6-4-2/h6,9-10,12-13,23-24,26-32,37-38,43-45,48-55,58-62H,3-5,7-8,11,14-22,25,33-36,39-42H2,1-2H3,(H,63,64)/b10-9-,13-12-,26-23-,28-27-,29-6-,30-24-,37-31+,38-32+/t43-,44+,45+,48?,49-,50+,51+,52+,53?/m0/s1. The van der Waals surface area contributed by atoms with E-state index in [0.29, 0.717) is 25.7 Å². The topological polar surface area (TPSA) is 250 Å². The van der Waals surface area contributed by atoms with Crippen molar-refractivity contribution in [3.05, 3.63) is 97.2 Å². The minimum Gasteiger partial charge on any atom is -0.462 e. The average molecular weight is 995 g/mol. The number of hydrogen-bond acceptors (Lipinski definition) is 14. The van der Waals surface area contributed by atoms with Gasteiger partial charge >= 0.3 is 19.8 Å². The van der Waals surface area contributed by atoms with Crippen molar-refractivity contribution in [3.63, 3.8) is 0 Å². The van der Waals surface area contributed by atoms with Crippen molar-refractivity contribution >= 4 is 19.8 Å². The molecular weight excluding hydrogens is 908 g/mol. The Bertz CT molecular complexity index is 1600. The quantitative estimate of drug-likeness (QED) is 0.00942. The number of carbonyl (C=O) groups is 2. The lowest BCUT2D eigenvalue weighted by Crippen LogP contribution is -2.64. The summed E-state index contributed by atoms with van der Waals surface area (Å²) in [7, 11) is -5.18. The maximum Gasteiger partial charge on any atom is 0.472 e. The molecule has 0 aromatic carbocycles. The third-order valence-corrected chi connectivity index (χ3v) is 12.1. The molecule has 1 fully saturated rings. The van der Waals surface area contributed by atoms with Crippen molar-refractivity contribution in [3.8, 4) is 0 Å². The number of allylic oxidation sites excluding steroid dienone is 12. The van der Waals surface area contributed by atoms with Gasteiger partial charge < -0.3 is 50.1 Å². The van der Waals surface area contributed by atoms with Gasteiger partial charge in [-0.1, -0.05) is 169 Å². The number of unbranched alkanes of at least 4 members (excludes halogenated alkanes) is 12. The number of phosphoric acid groups is 1. The fourth-order valence-electron chi connectivity index (χ4n) is 6.99. The zero-order valence-electron chi connectivity index (χ0n) is 41.3. The predicted octanol–water partition coefficient (Wildman–Crippen LogP) is 8.56. The van der Waals surface area contributed by atoms with E-state index in [1.165, 1.54) is 51.4 Å². The SMILES string of the molecule is CC/C=C\C[C@H](O)/C=C/C=C\C=C\[C@H](O)C/C=C\C/C=C\CCC(=O)O[C@H](COC(=O)CCCCCCCCCCC/C=C\C/C=C\CCCCC)COP(=O)(O)OC1[C@H](O)[C@H](O)C(O)[C@H](O)[C@H]1O. The lowest BCUT2D eigenvalue weighted by Gasteiger charge is -2.41. The summed E-state index contributed by atoms with van der Waals surface area (Å²) in [4.78, 5) is 35.8. The van der Waals surface area contributed by atoms with Gasteiger partial charge in [-0.25, -0.2) is 4.57 Å². The molecule has 8 N–H and O–H groups in total. The molecule has 10 atom stereocenters. The van der Waals surface area contributed by atoms with Crippen LogP contribution in [0.3, 0.4) is 0 Å². The van der Waals surface area contributed by atoms with Gasteiger partial charge in [0, 0.05) is 12.8 Å². The maximum absolute atomic E-state index is 12.8. The van der Waals surface area contributed by atoms with Gasteiger partial charge in [-0.2, -0.15) is 0 Å². The molecule has 0 spiro atoms. The van der Waals surface area contributed by atoms with Crippen molar-refractivity contribution in [1.82, 2.24) is 0 Å². The summed E-state index contributed by atoms with van der Waals surface area (Å²) in [6.07, 6.45) is 35.1. The molecule has 3 unspecified atom stereocenters. The van der Waals surface area contributed by atoms with Crippen LogP contribution in [0.5, 0.6) is 0 Å². The summed E-state index contributed by atoms with van der Waals surface area (Å²) >= 11 is 0. The van der Waals surface area contributed by atoms with Crippen LogP contribution in [-0.4, -0.2) is 121 Å². The fourth-order valence-corrected chi connectivity index (χ4v) is 7.96. The Morgan fingerprint density at radius 1 is 0.536 bits per heavy atom. The summed E-state index contributed by atoms with van der Waals surface area (Å²) in [5.41, 5.74) is 0. The molecule has 394 valence electrons. The number of phosphoric ester groups is 1. The Kier molecular flexibility index (Phi) is 38.2. The normalized spacial score (nSPS) is 22.6. The van der Waals surface area contributed by atoms with Crippen LogP contribution in [0, 0.1) is 0 Å². The molecular formula is C53H87O15P. The van der Waals surface area contributed by atoms with Crippen LogP contribution in [0.15, 0.2) is 97.2 Å². The van der Waals surface area contributed by atoms with E-state index in [4.69, 9.17) is 18.5 Å². The van der Waals surface area contributed by atoms with Gasteiger partial charge in [0.1, 0.15) is 43.2 Å². The van der Waals surface area contributed by atoms with Crippen molar-refractivity contribution in [2.24, 2.45) is 0 Å². The molecule has 0 heterocycles. The first kappa shape index (κ1) is 63.7. The second-order valence-corrected chi connectivity index (χ2v) is 18.7. The molecule has 0 radical (unpaired) electrons. The number of hydrogen-bond donors (Lipinski definition) is 8. The van der Waals surface area contributed by atoms with E-state index in [-0.39, 0.29) is 19.3 Å². The highest BCUT2D eigenvalue weighted by Gasteiger charge is 2.51. The minimum absolute atomic E-state index is 0.0910. The van der Waals surface area contributed by atoms with Gasteiger partial charge in [-0.15, -0.1) is 0 Å². The van der Waals surface area contributed by atoms with Crippen molar-refractivity contribution < 1.29 is 73.3 Å². The molecule has 16 heteroatoms. The number of esters is 2. The van der Waals surface area contributed by atoms with Crippen LogP contribution in [0.1, 0.15) is 155 Å². The molecule has 0 bridgehead atoms. The molecule has 0 amide bonds. The van der Waals surface area contributed by atoms with E-state index < -0.39 is 87.9 Å². The number of ether oxygens (including phenoxy) is 2. The summed E-state index contributed by atoms with van der Waals surface area (Å²) in [5, 5.41) is 70.3. The van der Waals surface area contributed by atoms with Crippen LogP contribution in [0.25, 0.3) is 0 Å². The molecule has 0 saturated heterocycles. The molecule has 0 aromatic rings. The maximum atomic E-state index is 12.8. The van der Waals surface area contributed by atoms with E-state index in [9.17, 15) is 54.8 Å². The lowest BCUT2D eigenvalue weighted by molar-refractivity contribution is -0.220. The van der Waals surface area contributed by atoms with Gasteiger partial charge in [-0.3, -0.25) is 18.6 Å². The third kappa shape index (κ3) is 33.8. The molecule has 1 rings (SSSR count). The average Bonchev–Trinajstić information content (AvgIpc) is 3.32. The molecule has 1 aliphatic carbocycles. The highest BCUT2D eigenvalue weighted by atomic mass is 31.2. The predicted molar refractivity (Wildman–Crippen MR) is 270 cm³/mol. The highest BCUT2D eigenvalue weighted by molar-refractivity contribution is 7.47. The Balaban J connectivity index is 2.52. The second kappa shape index (κ2) is 41.3. The number of aliphatic hydroxyl groups excluding tert-OH is 7. The molecule has 1 aliphatic rings. The monoisotopic (exact) mass is 995 g/mol. The lowest BCUT2D eigenvalue weighted by atomic mass is 9.85. The van der Waals surface area contributed by atoms with Crippen molar-refractivity contribution in [2.75, 3.05) is 13.2 Å². The van der Waals surface area contributed by atoms with E-state index in [1.807, 2.05) is 37.3 Å². The smallest absolute Gasteiger partial charge is 0.462 e. The first-order valence-corrected chi connectivity index (χ1v) is 26.8. The largest absolute Gasteiger partial charge is 0.472 e. The van der Waals surface area contributed by atoms with E-state index in [2.05, 4.69) is 31.2 Å². The van der Waals surface area contributed by atoms with Gasteiger partial charge in [0.15, 0.2) is 6.10 Å². The number of aliphatic hydroxyl groups is 7. The number of rotatable bonds is 40. The van der Waals surface area contributed by atoms with Crippen molar-refractivity contribution in [2.45, 2.75) is 210 Å². The highest BCUT2D eigenvalue weighted by Crippen LogP contribution is 2.47. The summed E-state index contributed by atoms with van der Waals surface area (Å²) in [5.74, 6) is -1.28. The van der Waals surface area contributed by atoms with E-state index >= 15 is 0 Å². The Morgan fingerprint density at radius 3 is 1.57 bits per heavy atom. The van der Waals surface area contributed by atoms with Crippen molar-refractivity contribution in [1.29, 1.82) is 0 Å². The molecule has 0 aromatic heterocycles. The Labute approximate surface area is 412 Å². The van der Waals surface area contributed by atoms with Gasteiger partial charge in [-0.05, 0) is 70.6 Å². The van der Waals surface area contributed by atoms with Crippen LogP contribution in [0.2, 0.25) is 0 Å². The van der Waals surface area contributed by atoms with E-state index in [0.717, 1.165) is 44.9 Å². The zero-order valence-corrected chi connectivity index (χ0v) is 42.2. The summed E-state index contributed by atoms with van der Waals surface area (Å²) in [6, 6.07) is 0. The van der Waals surface area contributed by atoms with Crippen LogP contribution < -0.4 is 0 Å². The molecule has 15 nitrogen and oxygen atoms in total. The summed E-state index contributed by atoms with van der Waals surface area (Å²) < 4.78 is 33.5.